The molecule has 0 aliphatic carbocycles. The number of rotatable bonds is 6. The summed E-state index contributed by atoms with van der Waals surface area (Å²) in [6.07, 6.45) is 2.42. The molecule has 1 aliphatic heterocycles. The molecule has 2 aromatic rings. The van der Waals surface area contributed by atoms with Crippen molar-refractivity contribution in [2.45, 2.75) is 46.1 Å². The fourth-order valence-electron chi connectivity index (χ4n) is 3.09. The van der Waals surface area contributed by atoms with Crippen LogP contribution in [0.3, 0.4) is 0 Å². The highest BCUT2D eigenvalue weighted by molar-refractivity contribution is 5.78. The summed E-state index contributed by atoms with van der Waals surface area (Å²) in [5, 5.41) is 4.04. The number of carbonyl (C=O) groups is 1. The Balaban J connectivity index is 1.57. The Morgan fingerprint density at radius 3 is 3.04 bits per heavy atom. The van der Waals surface area contributed by atoms with Crippen LogP contribution in [0, 0.1) is 12.8 Å². The van der Waals surface area contributed by atoms with Gasteiger partial charge in [0.15, 0.2) is 5.82 Å². The van der Waals surface area contributed by atoms with Gasteiger partial charge in [-0.15, -0.1) is 0 Å². The lowest BCUT2D eigenvalue weighted by Gasteiger charge is -2.23. The van der Waals surface area contributed by atoms with Crippen molar-refractivity contribution in [2.24, 2.45) is 5.92 Å². The molecule has 0 bridgehead atoms. The molecule has 3 rings (SSSR count). The molecule has 1 aromatic carbocycles. The number of hydrogen-bond acceptors (Lipinski definition) is 5. The maximum Gasteiger partial charge on any atom is 0.249 e. The van der Waals surface area contributed by atoms with E-state index in [1.807, 2.05) is 49.9 Å². The van der Waals surface area contributed by atoms with Gasteiger partial charge in [0.25, 0.3) is 0 Å². The topological polar surface area (TPSA) is 68.5 Å². The van der Waals surface area contributed by atoms with Crippen molar-refractivity contribution in [3.05, 3.63) is 41.5 Å². The second kappa shape index (κ2) is 7.68. The molecule has 6 heteroatoms. The van der Waals surface area contributed by atoms with Gasteiger partial charge in [-0.3, -0.25) is 4.79 Å². The summed E-state index contributed by atoms with van der Waals surface area (Å²) in [7, 11) is 0. The highest BCUT2D eigenvalue weighted by Gasteiger charge is 2.34. The number of nitrogens with zero attached hydrogens (tertiary/aromatic N) is 3. The largest absolute Gasteiger partial charge is 0.493 e. The molecule has 2 heterocycles. The van der Waals surface area contributed by atoms with Crippen molar-refractivity contribution in [2.75, 3.05) is 13.2 Å². The minimum Gasteiger partial charge on any atom is -0.493 e. The highest BCUT2D eigenvalue weighted by atomic mass is 16.5. The van der Waals surface area contributed by atoms with Crippen LogP contribution >= 0.6 is 0 Å². The molecule has 1 fully saturated rings. The number of aryl methyl sites for hydroxylation is 1. The average molecular weight is 343 g/mol. The Kier molecular flexibility index (Phi) is 5.36. The highest BCUT2D eigenvalue weighted by Crippen LogP contribution is 2.32. The molecule has 134 valence electrons. The zero-order valence-corrected chi connectivity index (χ0v) is 15.1. The van der Waals surface area contributed by atoms with E-state index in [2.05, 4.69) is 10.1 Å². The lowest BCUT2D eigenvalue weighted by Crippen LogP contribution is -2.33. The average Bonchev–Trinajstić information content (AvgIpc) is 3.23. The second-order valence-corrected chi connectivity index (χ2v) is 6.81. The van der Waals surface area contributed by atoms with Crippen LogP contribution in [0.25, 0.3) is 0 Å². The zero-order valence-electron chi connectivity index (χ0n) is 15.1. The lowest BCUT2D eigenvalue weighted by atomic mass is 10.1. The smallest absolute Gasteiger partial charge is 0.249 e. The Bertz CT molecular complexity index is 726. The third-order valence-electron chi connectivity index (χ3n) is 4.38. The van der Waals surface area contributed by atoms with Crippen LogP contribution in [0.4, 0.5) is 0 Å². The molecule has 6 nitrogen and oxygen atoms in total. The molecular formula is C19H25N3O3. The fourth-order valence-corrected chi connectivity index (χ4v) is 3.09. The molecule has 25 heavy (non-hydrogen) atoms. The van der Waals surface area contributed by atoms with E-state index in [1.54, 1.807) is 0 Å². The van der Waals surface area contributed by atoms with Crippen molar-refractivity contribution in [1.82, 2.24) is 15.0 Å². The molecule has 0 spiro atoms. The Labute approximate surface area is 148 Å². The summed E-state index contributed by atoms with van der Waals surface area (Å²) < 4.78 is 11.2. The summed E-state index contributed by atoms with van der Waals surface area (Å²) in [5.41, 5.74) is 1.16. The Morgan fingerprint density at radius 1 is 1.44 bits per heavy atom. The van der Waals surface area contributed by atoms with E-state index in [0.717, 1.165) is 30.7 Å². The minimum atomic E-state index is -0.0890. The third kappa shape index (κ3) is 4.18. The van der Waals surface area contributed by atoms with E-state index < -0.39 is 0 Å². The molecule has 1 aromatic heterocycles. The van der Waals surface area contributed by atoms with Gasteiger partial charge in [0.2, 0.25) is 11.8 Å². The number of ether oxygens (including phenoxy) is 1. The predicted octanol–water partition coefficient (Wildman–Crippen LogP) is 3.32. The monoisotopic (exact) mass is 343 g/mol. The van der Waals surface area contributed by atoms with Crippen LogP contribution in [-0.2, 0) is 11.2 Å². The number of hydrogen-bond donors (Lipinski definition) is 0. The fraction of sp³-hybridized carbons (Fsp3) is 0.526. The molecule has 1 saturated heterocycles. The molecule has 1 aliphatic rings. The van der Waals surface area contributed by atoms with Crippen LogP contribution < -0.4 is 4.74 Å². The van der Waals surface area contributed by atoms with Crippen molar-refractivity contribution < 1.29 is 14.1 Å². The van der Waals surface area contributed by atoms with Crippen LogP contribution in [-0.4, -0.2) is 34.1 Å². The summed E-state index contributed by atoms with van der Waals surface area (Å²) in [6.45, 7) is 7.11. The Hall–Kier alpha value is -2.37. The van der Waals surface area contributed by atoms with Gasteiger partial charge in [-0.2, -0.15) is 4.98 Å². The first-order chi connectivity index (χ1) is 12.0. The first-order valence-electron chi connectivity index (χ1n) is 8.87. The van der Waals surface area contributed by atoms with E-state index in [4.69, 9.17) is 9.26 Å². The second-order valence-electron chi connectivity index (χ2n) is 6.81. The molecule has 1 atom stereocenters. The van der Waals surface area contributed by atoms with Gasteiger partial charge in [0.1, 0.15) is 11.8 Å². The first-order valence-corrected chi connectivity index (χ1v) is 8.87. The molecule has 1 unspecified atom stereocenters. The van der Waals surface area contributed by atoms with E-state index >= 15 is 0 Å². The maximum atomic E-state index is 12.3. The van der Waals surface area contributed by atoms with Gasteiger partial charge >= 0.3 is 0 Å². The standard InChI is InChI=1S/C19H25N3O3/c1-13(2)19(23)22-10-5-8-16(22)18-20-17(21-25-18)9-11-24-15-7-4-6-14(3)12-15/h4,6-7,12-13,16H,5,8-11H2,1-3H3. The molecular weight excluding hydrogens is 318 g/mol. The van der Waals surface area contributed by atoms with E-state index in [-0.39, 0.29) is 17.9 Å². The van der Waals surface area contributed by atoms with Crippen LogP contribution in [0.1, 0.15) is 50.0 Å². The predicted molar refractivity (Wildman–Crippen MR) is 93.2 cm³/mol. The number of likely N-dealkylation sites (tertiary alicyclic amines) is 1. The lowest BCUT2D eigenvalue weighted by molar-refractivity contribution is -0.135. The van der Waals surface area contributed by atoms with Crippen LogP contribution in [0.15, 0.2) is 28.8 Å². The SMILES string of the molecule is Cc1cccc(OCCc2noc(C3CCCN3C(=O)C(C)C)n2)c1. The molecule has 0 radical (unpaired) electrons. The van der Waals surface area contributed by atoms with Crippen molar-refractivity contribution in [3.63, 3.8) is 0 Å². The van der Waals surface area contributed by atoms with Crippen LogP contribution in [0.5, 0.6) is 5.75 Å². The van der Waals surface area contributed by atoms with Crippen molar-refractivity contribution in [3.8, 4) is 5.75 Å². The van der Waals surface area contributed by atoms with E-state index in [9.17, 15) is 4.79 Å². The summed E-state index contributed by atoms with van der Waals surface area (Å²) in [4.78, 5) is 18.7. The van der Waals surface area contributed by atoms with Gasteiger partial charge in [0.05, 0.1) is 6.61 Å². The van der Waals surface area contributed by atoms with Gasteiger partial charge < -0.3 is 14.2 Å². The van der Waals surface area contributed by atoms with E-state index in [0.29, 0.717) is 24.7 Å². The Morgan fingerprint density at radius 2 is 2.28 bits per heavy atom. The summed E-state index contributed by atoms with van der Waals surface area (Å²) in [6, 6.07) is 7.84. The quantitative estimate of drug-likeness (QED) is 0.805. The maximum absolute atomic E-state index is 12.3. The van der Waals surface area contributed by atoms with Gasteiger partial charge in [-0.25, -0.2) is 0 Å². The molecule has 0 N–H and O–H groups in total. The van der Waals surface area contributed by atoms with Gasteiger partial charge in [-0.1, -0.05) is 31.1 Å². The van der Waals surface area contributed by atoms with Crippen LogP contribution in [0.2, 0.25) is 0 Å². The number of amides is 1. The van der Waals surface area contributed by atoms with Gasteiger partial charge in [0, 0.05) is 18.9 Å². The minimum absolute atomic E-state index is 0.0225. The number of carbonyl (C=O) groups excluding carboxylic acids is 1. The number of aromatic nitrogens is 2. The summed E-state index contributed by atoms with van der Waals surface area (Å²) in [5.74, 6) is 2.12. The zero-order chi connectivity index (χ0) is 17.8. The van der Waals surface area contributed by atoms with Crippen molar-refractivity contribution >= 4 is 5.91 Å². The number of benzene rings is 1. The van der Waals surface area contributed by atoms with Crippen molar-refractivity contribution in [1.29, 1.82) is 0 Å². The third-order valence-corrected chi connectivity index (χ3v) is 4.38. The summed E-state index contributed by atoms with van der Waals surface area (Å²) >= 11 is 0. The normalized spacial score (nSPS) is 17.3. The molecule has 0 saturated carbocycles. The molecule has 1 amide bonds. The first kappa shape index (κ1) is 17.5. The van der Waals surface area contributed by atoms with Gasteiger partial charge in [-0.05, 0) is 37.5 Å². The van der Waals surface area contributed by atoms with E-state index in [1.165, 1.54) is 0 Å².